The Bertz CT molecular complexity index is 1030. The van der Waals surface area contributed by atoms with Gasteiger partial charge in [0.15, 0.2) is 0 Å². The Balaban J connectivity index is 1.77. The van der Waals surface area contributed by atoms with Crippen molar-refractivity contribution in [3.05, 3.63) is 47.5 Å². The summed E-state index contributed by atoms with van der Waals surface area (Å²) in [6.45, 7) is 11.2. The standard InChI is InChI=1S/C28H35NO2/c1-6-7-8-9-10-13-20-16-17-23(22-15-12-11-14-21(20)22)26-24-18-31-28(4,5)29(24)27(30)25(26)19(2)3/h11-12,14-17,19,24-26H,6-9,18H2,1-5H3/t24?,25-,26-/m1/s1. The molecule has 4 rings (SSSR count). The zero-order chi connectivity index (χ0) is 22.2. The van der Waals surface area contributed by atoms with Crippen LogP contribution in [0.1, 0.15) is 77.3 Å². The molecule has 2 aliphatic heterocycles. The molecule has 0 radical (unpaired) electrons. The van der Waals surface area contributed by atoms with Crippen LogP contribution in [0.4, 0.5) is 0 Å². The predicted molar refractivity (Wildman–Crippen MR) is 127 cm³/mol. The second-order valence-corrected chi connectivity index (χ2v) is 9.84. The van der Waals surface area contributed by atoms with Gasteiger partial charge < -0.3 is 9.64 Å². The van der Waals surface area contributed by atoms with Crippen molar-refractivity contribution in [3.8, 4) is 11.8 Å². The van der Waals surface area contributed by atoms with Crippen molar-refractivity contribution < 1.29 is 9.53 Å². The summed E-state index contributed by atoms with van der Waals surface area (Å²) in [5, 5.41) is 2.41. The van der Waals surface area contributed by atoms with Gasteiger partial charge in [-0.05, 0) is 48.6 Å². The average Bonchev–Trinajstić information content (AvgIpc) is 3.22. The molecule has 1 amide bonds. The summed E-state index contributed by atoms with van der Waals surface area (Å²) in [6, 6.07) is 13.0. The molecule has 2 aliphatic rings. The number of ether oxygens (including phenoxy) is 1. The molecule has 2 heterocycles. The Morgan fingerprint density at radius 3 is 2.58 bits per heavy atom. The molecule has 0 bridgehead atoms. The number of hydrogen-bond acceptors (Lipinski definition) is 2. The van der Waals surface area contributed by atoms with Crippen LogP contribution < -0.4 is 0 Å². The van der Waals surface area contributed by atoms with E-state index in [4.69, 9.17) is 4.74 Å². The summed E-state index contributed by atoms with van der Waals surface area (Å²) in [6.07, 6.45) is 4.55. The quantitative estimate of drug-likeness (QED) is 0.434. The monoisotopic (exact) mass is 417 g/mol. The molecule has 31 heavy (non-hydrogen) atoms. The minimum Gasteiger partial charge on any atom is -0.354 e. The van der Waals surface area contributed by atoms with E-state index in [1.165, 1.54) is 29.2 Å². The Hall–Kier alpha value is -2.31. The maximum atomic E-state index is 13.5. The first-order chi connectivity index (χ1) is 14.9. The van der Waals surface area contributed by atoms with E-state index in [0.29, 0.717) is 6.61 Å². The van der Waals surface area contributed by atoms with Gasteiger partial charge in [0.1, 0.15) is 5.72 Å². The van der Waals surface area contributed by atoms with Crippen LogP contribution in [0, 0.1) is 23.7 Å². The Morgan fingerprint density at radius 2 is 1.87 bits per heavy atom. The van der Waals surface area contributed by atoms with E-state index in [0.717, 1.165) is 18.4 Å². The van der Waals surface area contributed by atoms with Crippen LogP contribution in [-0.4, -0.2) is 29.2 Å². The van der Waals surface area contributed by atoms with E-state index < -0.39 is 5.72 Å². The zero-order valence-corrected chi connectivity index (χ0v) is 19.6. The lowest BCUT2D eigenvalue weighted by Gasteiger charge is -2.30. The van der Waals surface area contributed by atoms with Gasteiger partial charge >= 0.3 is 0 Å². The molecule has 0 aromatic heterocycles. The van der Waals surface area contributed by atoms with E-state index in [1.54, 1.807) is 0 Å². The Kier molecular flexibility index (Phi) is 6.13. The number of carbonyl (C=O) groups excluding carboxylic acids is 1. The van der Waals surface area contributed by atoms with E-state index in [1.807, 2.05) is 18.7 Å². The van der Waals surface area contributed by atoms with Gasteiger partial charge in [0.2, 0.25) is 5.91 Å². The number of nitrogens with zero attached hydrogens (tertiary/aromatic N) is 1. The number of unbranched alkanes of at least 4 members (excludes halogenated alkanes) is 3. The van der Waals surface area contributed by atoms with Gasteiger partial charge in [-0.15, -0.1) is 0 Å². The van der Waals surface area contributed by atoms with E-state index >= 15 is 0 Å². The lowest BCUT2D eigenvalue weighted by molar-refractivity contribution is -0.146. The molecule has 1 unspecified atom stereocenters. The molecule has 2 aromatic rings. The van der Waals surface area contributed by atoms with Crippen molar-refractivity contribution in [2.24, 2.45) is 11.8 Å². The molecule has 164 valence electrons. The highest BCUT2D eigenvalue weighted by Crippen LogP contribution is 2.50. The molecule has 2 aromatic carbocycles. The number of benzene rings is 2. The van der Waals surface area contributed by atoms with E-state index in [2.05, 4.69) is 69.0 Å². The fraction of sp³-hybridized carbons (Fsp3) is 0.536. The van der Waals surface area contributed by atoms with Gasteiger partial charge in [0.25, 0.3) is 0 Å². The number of amides is 1. The van der Waals surface area contributed by atoms with Crippen molar-refractivity contribution in [1.29, 1.82) is 0 Å². The lowest BCUT2D eigenvalue weighted by Crippen LogP contribution is -2.44. The minimum atomic E-state index is -0.538. The fourth-order valence-corrected chi connectivity index (χ4v) is 5.52. The summed E-state index contributed by atoms with van der Waals surface area (Å²) < 4.78 is 6.06. The van der Waals surface area contributed by atoms with Crippen LogP contribution in [-0.2, 0) is 9.53 Å². The van der Waals surface area contributed by atoms with Crippen LogP contribution >= 0.6 is 0 Å². The van der Waals surface area contributed by atoms with Crippen LogP contribution in [0.5, 0.6) is 0 Å². The summed E-state index contributed by atoms with van der Waals surface area (Å²) in [5.41, 5.74) is 1.80. The number of rotatable bonds is 5. The van der Waals surface area contributed by atoms with Gasteiger partial charge in [-0.25, -0.2) is 0 Å². The second kappa shape index (κ2) is 8.67. The van der Waals surface area contributed by atoms with Crippen molar-refractivity contribution in [2.75, 3.05) is 6.61 Å². The van der Waals surface area contributed by atoms with Crippen molar-refractivity contribution in [3.63, 3.8) is 0 Å². The largest absolute Gasteiger partial charge is 0.354 e. The highest BCUT2D eigenvalue weighted by Gasteiger charge is 2.58. The van der Waals surface area contributed by atoms with Crippen LogP contribution in [0.15, 0.2) is 36.4 Å². The second-order valence-electron chi connectivity index (χ2n) is 9.84. The average molecular weight is 418 g/mol. The van der Waals surface area contributed by atoms with Gasteiger partial charge in [-0.3, -0.25) is 4.79 Å². The molecule has 0 saturated carbocycles. The summed E-state index contributed by atoms with van der Waals surface area (Å²) >= 11 is 0. The third-order valence-corrected chi connectivity index (χ3v) is 7.01. The number of hydrogen-bond donors (Lipinski definition) is 0. The third-order valence-electron chi connectivity index (χ3n) is 7.01. The first kappa shape index (κ1) is 21.9. The normalized spacial score (nSPS) is 24.5. The molecule has 2 fully saturated rings. The zero-order valence-electron chi connectivity index (χ0n) is 19.6. The lowest BCUT2D eigenvalue weighted by atomic mass is 9.76. The maximum absolute atomic E-state index is 13.5. The molecule has 2 saturated heterocycles. The number of fused-ring (bicyclic) bond motifs is 2. The SMILES string of the molecule is CCCCCC#Cc1ccc([C@@H]2C3COC(C)(C)N3C(=O)[C@@H]2C(C)C)c2ccccc12. The minimum absolute atomic E-state index is 0.0254. The molecular formula is C28H35NO2. The molecule has 3 heteroatoms. The van der Waals surface area contributed by atoms with Crippen molar-refractivity contribution in [1.82, 2.24) is 4.90 Å². The number of carbonyl (C=O) groups is 1. The summed E-state index contributed by atoms with van der Waals surface area (Å²) in [5.74, 6) is 7.39. The molecular weight excluding hydrogens is 382 g/mol. The van der Waals surface area contributed by atoms with Crippen LogP contribution in [0.3, 0.4) is 0 Å². The fourth-order valence-electron chi connectivity index (χ4n) is 5.52. The molecule has 0 aliphatic carbocycles. The van der Waals surface area contributed by atoms with Crippen molar-refractivity contribution >= 4 is 16.7 Å². The third kappa shape index (κ3) is 3.87. The van der Waals surface area contributed by atoms with Gasteiger partial charge in [-0.2, -0.15) is 0 Å². The predicted octanol–water partition coefficient (Wildman–Crippen LogP) is 6.10. The van der Waals surface area contributed by atoms with Crippen LogP contribution in [0.25, 0.3) is 10.8 Å². The van der Waals surface area contributed by atoms with E-state index in [9.17, 15) is 4.79 Å². The molecule has 0 spiro atoms. The maximum Gasteiger partial charge on any atom is 0.229 e. The van der Waals surface area contributed by atoms with Crippen molar-refractivity contribution in [2.45, 2.75) is 78.0 Å². The molecule has 3 nitrogen and oxygen atoms in total. The van der Waals surface area contributed by atoms with Gasteiger partial charge in [-0.1, -0.05) is 75.8 Å². The van der Waals surface area contributed by atoms with Gasteiger partial charge in [0, 0.05) is 23.8 Å². The summed E-state index contributed by atoms with van der Waals surface area (Å²) in [7, 11) is 0. The van der Waals surface area contributed by atoms with E-state index in [-0.39, 0.29) is 29.7 Å². The summed E-state index contributed by atoms with van der Waals surface area (Å²) in [4.78, 5) is 15.5. The topological polar surface area (TPSA) is 29.5 Å². The highest BCUT2D eigenvalue weighted by molar-refractivity contribution is 5.93. The first-order valence-electron chi connectivity index (χ1n) is 11.8. The molecule has 3 atom stereocenters. The smallest absolute Gasteiger partial charge is 0.229 e. The Morgan fingerprint density at radius 1 is 1.13 bits per heavy atom. The first-order valence-corrected chi connectivity index (χ1v) is 11.8. The Labute approximate surface area is 187 Å². The molecule has 0 N–H and O–H groups in total. The van der Waals surface area contributed by atoms with Gasteiger partial charge in [0.05, 0.1) is 12.6 Å². The van der Waals surface area contributed by atoms with Crippen LogP contribution in [0.2, 0.25) is 0 Å². The highest BCUT2D eigenvalue weighted by atomic mass is 16.5.